The average Bonchev–Trinajstić information content (AvgIpc) is 2.70. The van der Waals surface area contributed by atoms with E-state index in [1.165, 1.54) is 12.8 Å². The Morgan fingerprint density at radius 1 is 1.28 bits per heavy atom. The molecule has 4 heteroatoms. The highest BCUT2D eigenvalue weighted by Gasteiger charge is 2.43. The Bertz CT molecular complexity index is 275. The second-order valence-electron chi connectivity index (χ2n) is 6.06. The van der Waals surface area contributed by atoms with Crippen LogP contribution in [0.15, 0.2) is 0 Å². The van der Waals surface area contributed by atoms with E-state index in [-0.39, 0.29) is 17.9 Å². The van der Waals surface area contributed by atoms with Crippen LogP contribution in [0, 0.1) is 5.92 Å². The minimum atomic E-state index is 0. The number of nitrogens with zero attached hydrogens (tertiary/aromatic N) is 1. The number of rotatable bonds is 3. The molecule has 2 aliphatic rings. The van der Waals surface area contributed by atoms with Crippen molar-refractivity contribution < 1.29 is 4.79 Å². The zero-order valence-corrected chi connectivity index (χ0v) is 12.5. The maximum Gasteiger partial charge on any atom is 0.223 e. The van der Waals surface area contributed by atoms with Gasteiger partial charge in [0, 0.05) is 18.5 Å². The lowest BCUT2D eigenvalue weighted by molar-refractivity contribution is -0.136. The molecule has 2 saturated heterocycles. The fourth-order valence-corrected chi connectivity index (χ4v) is 3.29. The number of halogens is 1. The lowest BCUT2D eigenvalue weighted by atomic mass is 9.85. The standard InChI is InChI=1S/C14H26N2O.ClH/c1-12(2)4-5-13(17)16-11-3-6-14(16)7-9-15-10-8-14;/h12,15H,3-11H2,1-2H3;1H. The lowest BCUT2D eigenvalue weighted by Gasteiger charge is -2.42. The Labute approximate surface area is 117 Å². The van der Waals surface area contributed by atoms with E-state index < -0.39 is 0 Å². The predicted octanol–water partition coefficient (Wildman–Crippen LogP) is 2.59. The van der Waals surface area contributed by atoms with Gasteiger partial charge >= 0.3 is 0 Å². The average molecular weight is 275 g/mol. The smallest absolute Gasteiger partial charge is 0.223 e. The van der Waals surface area contributed by atoms with Gasteiger partial charge in [-0.1, -0.05) is 13.8 Å². The van der Waals surface area contributed by atoms with Gasteiger partial charge in [-0.3, -0.25) is 4.79 Å². The van der Waals surface area contributed by atoms with E-state index in [9.17, 15) is 4.79 Å². The van der Waals surface area contributed by atoms with E-state index in [4.69, 9.17) is 0 Å². The van der Waals surface area contributed by atoms with E-state index in [0.29, 0.717) is 11.8 Å². The highest BCUT2D eigenvalue weighted by atomic mass is 35.5. The first-order valence-electron chi connectivity index (χ1n) is 7.15. The number of hydrogen-bond acceptors (Lipinski definition) is 2. The zero-order chi connectivity index (χ0) is 12.3. The number of piperidine rings is 1. The summed E-state index contributed by atoms with van der Waals surface area (Å²) < 4.78 is 0. The van der Waals surface area contributed by atoms with E-state index in [1.807, 2.05) is 0 Å². The molecule has 106 valence electrons. The monoisotopic (exact) mass is 274 g/mol. The fourth-order valence-electron chi connectivity index (χ4n) is 3.29. The summed E-state index contributed by atoms with van der Waals surface area (Å²) in [5, 5.41) is 3.41. The van der Waals surface area contributed by atoms with Crippen molar-refractivity contribution in [1.82, 2.24) is 10.2 Å². The van der Waals surface area contributed by atoms with Crippen LogP contribution >= 0.6 is 12.4 Å². The molecule has 0 bridgehead atoms. The van der Waals surface area contributed by atoms with Gasteiger partial charge in [0.25, 0.3) is 0 Å². The Balaban J connectivity index is 0.00000162. The fraction of sp³-hybridized carbons (Fsp3) is 0.929. The van der Waals surface area contributed by atoms with Crippen molar-refractivity contribution in [3.05, 3.63) is 0 Å². The third-order valence-electron chi connectivity index (χ3n) is 4.37. The summed E-state index contributed by atoms with van der Waals surface area (Å²) in [7, 11) is 0. The minimum absolute atomic E-state index is 0. The van der Waals surface area contributed by atoms with Crippen molar-refractivity contribution >= 4 is 18.3 Å². The van der Waals surface area contributed by atoms with Crippen LogP contribution in [-0.2, 0) is 4.79 Å². The summed E-state index contributed by atoms with van der Waals surface area (Å²) >= 11 is 0. The Morgan fingerprint density at radius 2 is 1.94 bits per heavy atom. The van der Waals surface area contributed by atoms with Crippen LogP contribution in [0.4, 0.5) is 0 Å². The third-order valence-corrected chi connectivity index (χ3v) is 4.37. The first kappa shape index (κ1) is 15.8. The minimum Gasteiger partial charge on any atom is -0.337 e. The van der Waals surface area contributed by atoms with Crippen molar-refractivity contribution in [3.8, 4) is 0 Å². The predicted molar refractivity (Wildman–Crippen MR) is 77.1 cm³/mol. The molecule has 0 aromatic carbocycles. The quantitative estimate of drug-likeness (QED) is 0.858. The van der Waals surface area contributed by atoms with Crippen LogP contribution in [0.25, 0.3) is 0 Å². The molecule has 0 unspecified atom stereocenters. The summed E-state index contributed by atoms with van der Waals surface area (Å²) in [4.78, 5) is 14.5. The lowest BCUT2D eigenvalue weighted by Crippen LogP contribution is -2.53. The molecule has 2 rings (SSSR count). The van der Waals surface area contributed by atoms with Crippen LogP contribution in [0.1, 0.15) is 52.4 Å². The number of amides is 1. The number of nitrogens with one attached hydrogen (secondary N) is 1. The number of carbonyl (C=O) groups excluding carboxylic acids is 1. The molecule has 1 amide bonds. The Hall–Kier alpha value is -0.280. The highest BCUT2D eigenvalue weighted by Crippen LogP contribution is 2.37. The molecule has 0 aromatic heterocycles. The summed E-state index contributed by atoms with van der Waals surface area (Å²) in [6, 6.07) is 0. The molecular formula is C14H27ClN2O. The molecule has 0 aliphatic carbocycles. The van der Waals surface area contributed by atoms with Crippen LogP contribution in [0.3, 0.4) is 0 Å². The van der Waals surface area contributed by atoms with Gasteiger partial charge in [0.2, 0.25) is 5.91 Å². The second-order valence-corrected chi connectivity index (χ2v) is 6.06. The van der Waals surface area contributed by atoms with E-state index in [2.05, 4.69) is 24.1 Å². The molecular weight excluding hydrogens is 248 g/mol. The largest absolute Gasteiger partial charge is 0.337 e. The summed E-state index contributed by atoms with van der Waals surface area (Å²) in [6.07, 6.45) is 6.51. The van der Waals surface area contributed by atoms with Crippen molar-refractivity contribution in [2.75, 3.05) is 19.6 Å². The highest BCUT2D eigenvalue weighted by molar-refractivity contribution is 5.85. The molecule has 0 aromatic rings. The molecule has 0 saturated carbocycles. The van der Waals surface area contributed by atoms with Gasteiger partial charge in [0.05, 0.1) is 0 Å². The first-order chi connectivity index (χ1) is 8.14. The molecule has 1 spiro atoms. The number of likely N-dealkylation sites (tertiary alicyclic amines) is 1. The van der Waals surface area contributed by atoms with E-state index in [1.54, 1.807) is 0 Å². The number of carbonyl (C=O) groups is 1. The molecule has 3 nitrogen and oxygen atoms in total. The summed E-state index contributed by atoms with van der Waals surface area (Å²) in [5.41, 5.74) is 0.222. The summed E-state index contributed by atoms with van der Waals surface area (Å²) in [5.74, 6) is 1.03. The van der Waals surface area contributed by atoms with Crippen molar-refractivity contribution in [2.24, 2.45) is 5.92 Å². The molecule has 0 radical (unpaired) electrons. The van der Waals surface area contributed by atoms with Gasteiger partial charge in [0.15, 0.2) is 0 Å². The maximum atomic E-state index is 12.3. The zero-order valence-electron chi connectivity index (χ0n) is 11.7. The van der Waals surface area contributed by atoms with Crippen LogP contribution < -0.4 is 5.32 Å². The second kappa shape index (κ2) is 6.76. The van der Waals surface area contributed by atoms with Gasteiger partial charge in [0.1, 0.15) is 0 Å². The Morgan fingerprint density at radius 3 is 2.56 bits per heavy atom. The molecule has 2 fully saturated rings. The topological polar surface area (TPSA) is 32.3 Å². The van der Waals surface area contributed by atoms with Crippen molar-refractivity contribution in [1.29, 1.82) is 0 Å². The summed E-state index contributed by atoms with van der Waals surface area (Å²) in [6.45, 7) is 7.54. The molecule has 0 atom stereocenters. The first-order valence-corrected chi connectivity index (χ1v) is 7.15. The van der Waals surface area contributed by atoms with Crippen molar-refractivity contribution in [2.45, 2.75) is 57.9 Å². The normalized spacial score (nSPS) is 22.3. The Kier molecular flexibility index (Phi) is 5.93. The van der Waals surface area contributed by atoms with Gasteiger partial charge in [-0.2, -0.15) is 0 Å². The molecule has 18 heavy (non-hydrogen) atoms. The van der Waals surface area contributed by atoms with Gasteiger partial charge in [-0.25, -0.2) is 0 Å². The van der Waals surface area contributed by atoms with Gasteiger partial charge in [-0.15, -0.1) is 12.4 Å². The van der Waals surface area contributed by atoms with Crippen LogP contribution in [-0.4, -0.2) is 36.0 Å². The SMILES string of the molecule is CC(C)CCC(=O)N1CCCC12CCNCC2.Cl. The molecule has 2 heterocycles. The maximum absolute atomic E-state index is 12.3. The van der Waals surface area contributed by atoms with Crippen molar-refractivity contribution in [3.63, 3.8) is 0 Å². The van der Waals surface area contributed by atoms with Crippen LogP contribution in [0.2, 0.25) is 0 Å². The third kappa shape index (κ3) is 3.39. The number of hydrogen-bond donors (Lipinski definition) is 1. The van der Waals surface area contributed by atoms with Gasteiger partial charge in [-0.05, 0) is 51.1 Å². The van der Waals surface area contributed by atoms with Crippen LogP contribution in [0.5, 0.6) is 0 Å². The molecule has 2 aliphatic heterocycles. The van der Waals surface area contributed by atoms with Gasteiger partial charge < -0.3 is 10.2 Å². The molecule has 1 N–H and O–H groups in total. The van der Waals surface area contributed by atoms with E-state index >= 15 is 0 Å². The van der Waals surface area contributed by atoms with E-state index in [0.717, 1.165) is 45.3 Å².